The lowest BCUT2D eigenvalue weighted by Gasteiger charge is -2.35. The summed E-state index contributed by atoms with van der Waals surface area (Å²) in [4.78, 5) is 60.3. The van der Waals surface area contributed by atoms with Gasteiger partial charge in [0.25, 0.3) is 0 Å². The van der Waals surface area contributed by atoms with Crippen molar-refractivity contribution in [3.8, 4) is 11.3 Å². The van der Waals surface area contributed by atoms with Crippen LogP contribution in [0.3, 0.4) is 0 Å². The van der Waals surface area contributed by atoms with Crippen molar-refractivity contribution in [3.05, 3.63) is 78.4 Å². The van der Waals surface area contributed by atoms with E-state index in [9.17, 15) is 19.5 Å². The van der Waals surface area contributed by atoms with E-state index in [0.29, 0.717) is 44.6 Å². The third kappa shape index (κ3) is 12.4. The summed E-state index contributed by atoms with van der Waals surface area (Å²) in [5, 5.41) is 16.4. The molecule has 0 bridgehead atoms. The van der Waals surface area contributed by atoms with Crippen LogP contribution in [0.15, 0.2) is 71.6 Å². The largest absolute Gasteiger partial charge is 0.443 e. The smallest absolute Gasteiger partial charge is 0.246 e. The summed E-state index contributed by atoms with van der Waals surface area (Å²) >= 11 is 0. The van der Waals surface area contributed by atoms with Crippen molar-refractivity contribution in [2.75, 3.05) is 97.0 Å². The number of likely N-dealkylation sites (tertiary alicyclic amines) is 1. The lowest BCUT2D eigenvalue weighted by molar-refractivity contribution is -0.144. The quantitative estimate of drug-likeness (QED) is 0.0907. The molecule has 350 valence electrons. The maximum atomic E-state index is 14.0. The number of para-hydroxylation sites is 2. The minimum absolute atomic E-state index is 0.0225. The number of piperazine rings is 1. The molecule has 7 rings (SSSR count). The Kier molecular flexibility index (Phi) is 16.2. The Morgan fingerprint density at radius 3 is 2.22 bits per heavy atom. The van der Waals surface area contributed by atoms with Crippen LogP contribution in [0.2, 0.25) is 0 Å². The molecule has 2 aromatic carbocycles. The first-order chi connectivity index (χ1) is 31.4. The molecule has 3 amide bonds. The molecule has 5 heterocycles. The first-order valence-corrected chi connectivity index (χ1v) is 22.5. The number of anilines is 1. The number of nitrogens with zero attached hydrogens (tertiary/aromatic N) is 7. The summed E-state index contributed by atoms with van der Waals surface area (Å²) in [6, 6.07) is 15.5. The number of rotatable bonds is 21. The fraction of sp³-hybridized carbons (Fsp3) is 0.532. The summed E-state index contributed by atoms with van der Waals surface area (Å²) < 4.78 is 30.1. The highest BCUT2D eigenvalue weighted by Crippen LogP contribution is 2.28. The van der Waals surface area contributed by atoms with E-state index in [1.54, 1.807) is 0 Å². The predicted octanol–water partition coefficient (Wildman–Crippen LogP) is 3.40. The standard InChI is InChI=1S/C47H63N9O9/c1-32(34-10-12-35(13-11-34)42-33(2)48-31-65-42)49-44(59)39-28-36(57)29-56(39)45(60)43(47(3,4)5)52-41(58)30-64-27-26-63-25-24-62-23-22-61-21-20-53-16-18-54(19-17-53)40-14-15-55-38-9-7-6-8-37(38)50-46(55)51-40/h6-15,31-32,36,39,43,57H,16-30H2,1-5H3,(H,49,59)(H,52,58)/t32-,36+,39-,43+/m0/s1. The van der Waals surface area contributed by atoms with Crippen molar-refractivity contribution >= 4 is 40.4 Å². The number of hydrogen-bond donors (Lipinski definition) is 3. The Hall–Kier alpha value is -5.50. The highest BCUT2D eigenvalue weighted by atomic mass is 16.6. The second-order valence-corrected chi connectivity index (χ2v) is 17.7. The third-order valence-corrected chi connectivity index (χ3v) is 11.8. The molecule has 0 saturated carbocycles. The number of aromatic nitrogens is 4. The minimum Gasteiger partial charge on any atom is -0.443 e. The van der Waals surface area contributed by atoms with Gasteiger partial charge in [0.1, 0.15) is 24.5 Å². The first kappa shape index (κ1) is 47.5. The van der Waals surface area contributed by atoms with E-state index >= 15 is 0 Å². The van der Waals surface area contributed by atoms with Crippen molar-refractivity contribution in [3.63, 3.8) is 0 Å². The van der Waals surface area contributed by atoms with Gasteiger partial charge in [-0.25, -0.2) is 9.97 Å². The Bertz CT molecular complexity index is 2340. The Morgan fingerprint density at radius 2 is 1.54 bits per heavy atom. The van der Waals surface area contributed by atoms with Crippen LogP contribution in [-0.2, 0) is 33.3 Å². The summed E-state index contributed by atoms with van der Waals surface area (Å²) in [6.07, 6.45) is 2.65. The van der Waals surface area contributed by atoms with Crippen molar-refractivity contribution in [2.45, 2.75) is 65.3 Å². The van der Waals surface area contributed by atoms with Gasteiger partial charge in [0.05, 0.1) is 75.1 Å². The number of fused-ring (bicyclic) bond motifs is 3. The molecule has 2 aliphatic rings. The van der Waals surface area contributed by atoms with Crippen molar-refractivity contribution in [2.24, 2.45) is 5.41 Å². The van der Waals surface area contributed by atoms with E-state index < -0.39 is 35.4 Å². The highest BCUT2D eigenvalue weighted by molar-refractivity contribution is 5.93. The number of carbonyl (C=O) groups excluding carboxylic acids is 3. The Labute approximate surface area is 379 Å². The van der Waals surface area contributed by atoms with E-state index in [0.717, 1.165) is 66.4 Å². The van der Waals surface area contributed by atoms with Gasteiger partial charge in [-0.3, -0.25) is 23.7 Å². The maximum Gasteiger partial charge on any atom is 0.246 e. The number of hydrogen-bond acceptors (Lipinski definition) is 14. The van der Waals surface area contributed by atoms with Crippen molar-refractivity contribution in [1.29, 1.82) is 0 Å². The summed E-state index contributed by atoms with van der Waals surface area (Å²) in [5.41, 5.74) is 3.81. The first-order valence-electron chi connectivity index (χ1n) is 22.5. The van der Waals surface area contributed by atoms with Gasteiger partial charge in [-0.1, -0.05) is 57.2 Å². The highest BCUT2D eigenvalue weighted by Gasteiger charge is 2.44. The number of aliphatic hydroxyl groups excluding tert-OH is 1. The zero-order valence-electron chi connectivity index (χ0n) is 38.1. The zero-order chi connectivity index (χ0) is 45.9. The second kappa shape index (κ2) is 22.1. The number of carbonyl (C=O) groups is 3. The molecule has 18 heteroatoms. The van der Waals surface area contributed by atoms with Crippen LogP contribution >= 0.6 is 0 Å². The molecule has 0 aliphatic carbocycles. The normalized spacial score (nSPS) is 18.1. The summed E-state index contributed by atoms with van der Waals surface area (Å²) in [7, 11) is 0. The fourth-order valence-electron chi connectivity index (χ4n) is 8.15. The lowest BCUT2D eigenvalue weighted by Crippen LogP contribution is -2.58. The van der Waals surface area contributed by atoms with Crippen molar-refractivity contribution < 1.29 is 42.9 Å². The minimum atomic E-state index is -0.966. The number of ether oxygens (including phenoxy) is 4. The van der Waals surface area contributed by atoms with Gasteiger partial charge in [0, 0.05) is 57.4 Å². The average molecular weight is 898 g/mol. The number of imidazole rings is 1. The maximum absolute atomic E-state index is 14.0. The molecule has 2 aliphatic heterocycles. The molecule has 65 heavy (non-hydrogen) atoms. The van der Waals surface area contributed by atoms with Crippen LogP contribution in [0.1, 0.15) is 51.4 Å². The molecule has 5 aromatic rings. The van der Waals surface area contributed by atoms with E-state index in [1.165, 1.54) is 11.3 Å². The van der Waals surface area contributed by atoms with E-state index in [-0.39, 0.29) is 44.7 Å². The summed E-state index contributed by atoms with van der Waals surface area (Å²) in [6.45, 7) is 16.2. The average Bonchev–Trinajstić information content (AvgIpc) is 4.02. The number of nitrogens with one attached hydrogen (secondary N) is 2. The molecule has 0 spiro atoms. The van der Waals surface area contributed by atoms with Crippen molar-refractivity contribution in [1.82, 2.24) is 39.8 Å². The van der Waals surface area contributed by atoms with Crippen LogP contribution in [0.4, 0.5) is 5.82 Å². The zero-order valence-corrected chi connectivity index (χ0v) is 38.1. The molecule has 0 unspecified atom stereocenters. The van der Waals surface area contributed by atoms with E-state index in [1.807, 2.05) is 87.7 Å². The molecule has 2 saturated heterocycles. The number of oxazole rings is 1. The number of aryl methyl sites for hydroxylation is 1. The second-order valence-electron chi connectivity index (χ2n) is 17.7. The number of benzene rings is 2. The van der Waals surface area contributed by atoms with Gasteiger partial charge in [-0.05, 0) is 43.0 Å². The van der Waals surface area contributed by atoms with Crippen LogP contribution in [0, 0.1) is 12.3 Å². The van der Waals surface area contributed by atoms with Gasteiger partial charge in [0.15, 0.2) is 12.2 Å². The molecule has 0 radical (unpaired) electrons. The Morgan fingerprint density at radius 1 is 0.862 bits per heavy atom. The molecular formula is C47H63N9O9. The molecule has 18 nitrogen and oxygen atoms in total. The monoisotopic (exact) mass is 897 g/mol. The number of amides is 3. The summed E-state index contributed by atoms with van der Waals surface area (Å²) in [5.74, 6) is 1.04. The van der Waals surface area contributed by atoms with Gasteiger partial charge in [-0.2, -0.15) is 4.98 Å². The fourth-order valence-corrected chi connectivity index (χ4v) is 8.15. The SMILES string of the molecule is Cc1ncoc1-c1ccc([C@H](C)NC(=O)[C@@H]2C[C@@H](O)CN2C(=O)[C@@H](NC(=O)COCCOCCOCCOCCN2CCN(c3ccn4c(n3)nc3ccccc34)CC2)C(C)(C)C)cc1. The van der Waals surface area contributed by atoms with Gasteiger partial charge in [-0.15, -0.1) is 0 Å². The lowest BCUT2D eigenvalue weighted by atomic mass is 9.85. The molecule has 3 N–H and O–H groups in total. The van der Waals surface area contributed by atoms with E-state index in [2.05, 4.69) is 42.5 Å². The topological polar surface area (TPSA) is 198 Å². The number of β-amino-alcohol motifs (C(OH)–C–C–N with tert-alkyl or cyclic N) is 1. The van der Waals surface area contributed by atoms with Gasteiger partial charge < -0.3 is 48.9 Å². The van der Waals surface area contributed by atoms with Crippen LogP contribution < -0.4 is 15.5 Å². The van der Waals surface area contributed by atoms with Gasteiger partial charge >= 0.3 is 0 Å². The predicted molar refractivity (Wildman–Crippen MR) is 243 cm³/mol. The number of aliphatic hydroxyl groups is 1. The Balaban J connectivity index is 0.725. The molecular weight excluding hydrogens is 835 g/mol. The third-order valence-electron chi connectivity index (χ3n) is 11.8. The molecule has 4 atom stereocenters. The van der Waals surface area contributed by atoms with Crippen LogP contribution in [0.25, 0.3) is 28.1 Å². The molecule has 2 fully saturated rings. The van der Waals surface area contributed by atoms with Crippen LogP contribution in [0.5, 0.6) is 0 Å². The van der Waals surface area contributed by atoms with Gasteiger partial charge in [0.2, 0.25) is 23.5 Å². The molecule has 3 aromatic heterocycles. The van der Waals surface area contributed by atoms with Crippen LogP contribution in [-0.4, -0.2) is 162 Å². The van der Waals surface area contributed by atoms with E-state index in [4.69, 9.17) is 28.3 Å².